The topological polar surface area (TPSA) is 53.3 Å². The standard InChI is InChI=1S/C17H16N2O2/c1-19(15-7-3-14(12-18)4-8-15)17(20)11-13-5-9-16(21-2)10-6-13/h3-10H,11H2,1-2H3. The summed E-state index contributed by atoms with van der Waals surface area (Å²) in [6.45, 7) is 0. The Bertz CT molecular complexity index is 655. The van der Waals surface area contributed by atoms with Crippen LogP contribution in [0.4, 0.5) is 5.69 Å². The summed E-state index contributed by atoms with van der Waals surface area (Å²) in [5, 5.41) is 8.77. The Kier molecular flexibility index (Phi) is 4.57. The number of nitriles is 1. The second-order valence-electron chi connectivity index (χ2n) is 4.64. The van der Waals surface area contributed by atoms with Crippen molar-refractivity contribution in [3.05, 3.63) is 59.7 Å². The van der Waals surface area contributed by atoms with Gasteiger partial charge in [-0.15, -0.1) is 0 Å². The van der Waals surface area contributed by atoms with Gasteiger partial charge in [-0.25, -0.2) is 0 Å². The highest BCUT2D eigenvalue weighted by molar-refractivity contribution is 5.94. The van der Waals surface area contributed by atoms with Crippen molar-refractivity contribution in [3.8, 4) is 11.8 Å². The average Bonchev–Trinajstić information content (AvgIpc) is 2.55. The van der Waals surface area contributed by atoms with Crippen molar-refractivity contribution in [1.82, 2.24) is 0 Å². The van der Waals surface area contributed by atoms with E-state index in [0.29, 0.717) is 12.0 Å². The molecule has 1 amide bonds. The molecule has 0 radical (unpaired) electrons. The minimum atomic E-state index is -0.00938. The number of nitrogens with zero attached hydrogens (tertiary/aromatic N) is 2. The predicted molar refractivity (Wildman–Crippen MR) is 81.3 cm³/mol. The summed E-state index contributed by atoms with van der Waals surface area (Å²) in [5.74, 6) is 0.761. The third kappa shape index (κ3) is 3.61. The Balaban J connectivity index is 2.05. The number of hydrogen-bond acceptors (Lipinski definition) is 3. The van der Waals surface area contributed by atoms with Gasteiger partial charge in [0.1, 0.15) is 5.75 Å². The summed E-state index contributed by atoms with van der Waals surface area (Å²) >= 11 is 0. The Morgan fingerprint density at radius 1 is 1.14 bits per heavy atom. The fraction of sp³-hybridized carbons (Fsp3) is 0.176. The molecule has 0 spiro atoms. The SMILES string of the molecule is COc1ccc(CC(=O)N(C)c2ccc(C#N)cc2)cc1. The van der Waals surface area contributed by atoms with Gasteiger partial charge in [0, 0.05) is 12.7 Å². The number of benzene rings is 2. The van der Waals surface area contributed by atoms with Crippen LogP contribution in [0.3, 0.4) is 0 Å². The monoisotopic (exact) mass is 280 g/mol. The van der Waals surface area contributed by atoms with Crippen LogP contribution in [0.15, 0.2) is 48.5 Å². The molecule has 4 nitrogen and oxygen atoms in total. The highest BCUT2D eigenvalue weighted by atomic mass is 16.5. The van der Waals surface area contributed by atoms with E-state index in [2.05, 4.69) is 6.07 Å². The van der Waals surface area contributed by atoms with Gasteiger partial charge in [0.2, 0.25) is 5.91 Å². The number of likely N-dealkylation sites (N-methyl/N-ethyl adjacent to an activating group) is 1. The van der Waals surface area contributed by atoms with Gasteiger partial charge in [-0.2, -0.15) is 5.26 Å². The maximum Gasteiger partial charge on any atom is 0.231 e. The number of hydrogen-bond donors (Lipinski definition) is 0. The summed E-state index contributed by atoms with van der Waals surface area (Å²) in [4.78, 5) is 13.8. The van der Waals surface area contributed by atoms with Crippen molar-refractivity contribution in [2.45, 2.75) is 6.42 Å². The normalized spacial score (nSPS) is 9.76. The van der Waals surface area contributed by atoms with Crippen LogP contribution in [-0.4, -0.2) is 20.1 Å². The average molecular weight is 280 g/mol. The maximum atomic E-state index is 12.3. The van der Waals surface area contributed by atoms with Crippen molar-refractivity contribution in [2.75, 3.05) is 19.1 Å². The van der Waals surface area contributed by atoms with Crippen LogP contribution >= 0.6 is 0 Å². The minimum absolute atomic E-state index is 0.00938. The summed E-state index contributed by atoms with van der Waals surface area (Å²) in [6.07, 6.45) is 0.320. The highest BCUT2D eigenvalue weighted by Gasteiger charge is 2.11. The molecule has 0 aliphatic carbocycles. The summed E-state index contributed by atoms with van der Waals surface area (Å²) < 4.78 is 5.09. The lowest BCUT2D eigenvalue weighted by Crippen LogP contribution is -2.27. The zero-order chi connectivity index (χ0) is 15.2. The molecule has 2 aromatic rings. The van der Waals surface area contributed by atoms with Crippen molar-refractivity contribution < 1.29 is 9.53 Å². The number of carbonyl (C=O) groups is 1. The summed E-state index contributed by atoms with van der Waals surface area (Å²) in [6, 6.07) is 16.4. The molecule has 0 N–H and O–H groups in total. The van der Waals surface area contributed by atoms with Crippen molar-refractivity contribution in [1.29, 1.82) is 5.26 Å². The number of rotatable bonds is 4. The van der Waals surface area contributed by atoms with Crippen LogP contribution in [0, 0.1) is 11.3 Å². The Hall–Kier alpha value is -2.80. The number of methoxy groups -OCH3 is 1. The van der Waals surface area contributed by atoms with Gasteiger partial charge in [0.25, 0.3) is 0 Å². The zero-order valence-corrected chi connectivity index (χ0v) is 12.0. The molecule has 0 saturated carbocycles. The fourth-order valence-corrected chi connectivity index (χ4v) is 1.94. The molecule has 2 aromatic carbocycles. The molecular weight excluding hydrogens is 264 g/mol. The fourth-order valence-electron chi connectivity index (χ4n) is 1.94. The largest absolute Gasteiger partial charge is 0.497 e. The van der Waals surface area contributed by atoms with E-state index >= 15 is 0 Å². The molecule has 4 heteroatoms. The highest BCUT2D eigenvalue weighted by Crippen LogP contribution is 2.16. The summed E-state index contributed by atoms with van der Waals surface area (Å²) in [5.41, 5.74) is 2.28. The van der Waals surface area contributed by atoms with Crippen LogP contribution in [-0.2, 0) is 11.2 Å². The first-order chi connectivity index (χ1) is 10.1. The predicted octanol–water partition coefficient (Wildman–Crippen LogP) is 2.77. The van der Waals surface area contributed by atoms with Crippen LogP contribution in [0.1, 0.15) is 11.1 Å². The second-order valence-corrected chi connectivity index (χ2v) is 4.64. The minimum Gasteiger partial charge on any atom is -0.497 e. The molecule has 0 unspecified atom stereocenters. The number of anilines is 1. The molecule has 0 aliphatic rings. The lowest BCUT2D eigenvalue weighted by molar-refractivity contribution is -0.117. The second kappa shape index (κ2) is 6.58. The van der Waals surface area contributed by atoms with Gasteiger partial charge in [-0.05, 0) is 42.0 Å². The lowest BCUT2D eigenvalue weighted by atomic mass is 10.1. The van der Waals surface area contributed by atoms with Crippen LogP contribution in [0.5, 0.6) is 5.75 Å². The van der Waals surface area contributed by atoms with Crippen molar-refractivity contribution in [2.24, 2.45) is 0 Å². The molecular formula is C17H16N2O2. The molecule has 0 saturated heterocycles. The first-order valence-electron chi connectivity index (χ1n) is 6.53. The summed E-state index contributed by atoms with van der Waals surface area (Å²) in [7, 11) is 3.34. The quantitative estimate of drug-likeness (QED) is 0.865. The van der Waals surface area contributed by atoms with E-state index in [0.717, 1.165) is 17.0 Å². The van der Waals surface area contributed by atoms with E-state index in [-0.39, 0.29) is 5.91 Å². The Morgan fingerprint density at radius 3 is 2.29 bits per heavy atom. The van der Waals surface area contributed by atoms with Gasteiger partial charge < -0.3 is 9.64 Å². The molecule has 2 rings (SSSR count). The van der Waals surface area contributed by atoms with Gasteiger partial charge in [-0.3, -0.25) is 4.79 Å². The van der Waals surface area contributed by atoms with E-state index in [1.165, 1.54) is 0 Å². The van der Waals surface area contributed by atoms with Crippen molar-refractivity contribution >= 4 is 11.6 Å². The molecule has 106 valence electrons. The van der Waals surface area contributed by atoms with Gasteiger partial charge in [-0.1, -0.05) is 12.1 Å². The molecule has 0 atom stereocenters. The van der Waals surface area contributed by atoms with Gasteiger partial charge in [0.15, 0.2) is 0 Å². The van der Waals surface area contributed by atoms with Crippen LogP contribution in [0.25, 0.3) is 0 Å². The van der Waals surface area contributed by atoms with E-state index in [1.54, 1.807) is 43.3 Å². The van der Waals surface area contributed by atoms with E-state index in [9.17, 15) is 4.79 Å². The van der Waals surface area contributed by atoms with E-state index in [1.807, 2.05) is 24.3 Å². The van der Waals surface area contributed by atoms with Gasteiger partial charge in [0.05, 0.1) is 25.2 Å². The van der Waals surface area contributed by atoms with E-state index in [4.69, 9.17) is 10.00 Å². The van der Waals surface area contributed by atoms with Crippen LogP contribution in [0.2, 0.25) is 0 Å². The molecule has 0 aliphatic heterocycles. The first-order valence-corrected chi connectivity index (χ1v) is 6.53. The Morgan fingerprint density at radius 2 is 1.76 bits per heavy atom. The number of carbonyl (C=O) groups excluding carboxylic acids is 1. The smallest absolute Gasteiger partial charge is 0.231 e. The molecule has 0 aromatic heterocycles. The first kappa shape index (κ1) is 14.6. The third-order valence-corrected chi connectivity index (χ3v) is 3.27. The molecule has 21 heavy (non-hydrogen) atoms. The molecule has 0 bridgehead atoms. The Labute approximate surface area is 124 Å². The van der Waals surface area contributed by atoms with Gasteiger partial charge >= 0.3 is 0 Å². The van der Waals surface area contributed by atoms with E-state index < -0.39 is 0 Å². The van der Waals surface area contributed by atoms with Crippen LogP contribution < -0.4 is 9.64 Å². The third-order valence-electron chi connectivity index (χ3n) is 3.27. The molecule has 0 heterocycles. The lowest BCUT2D eigenvalue weighted by Gasteiger charge is -2.17. The molecule has 0 fully saturated rings. The number of amides is 1. The maximum absolute atomic E-state index is 12.3. The zero-order valence-electron chi connectivity index (χ0n) is 12.0. The number of ether oxygens (including phenoxy) is 1. The van der Waals surface area contributed by atoms with Crippen molar-refractivity contribution in [3.63, 3.8) is 0 Å².